The van der Waals surface area contributed by atoms with Gasteiger partial charge < -0.3 is 9.88 Å². The maximum atomic E-state index is 13.2. The summed E-state index contributed by atoms with van der Waals surface area (Å²) in [6.07, 6.45) is 3.02. The molecule has 1 aliphatic heterocycles. The fourth-order valence-corrected chi connectivity index (χ4v) is 4.45. The maximum absolute atomic E-state index is 13.2. The third-order valence-corrected chi connectivity index (χ3v) is 6.16. The third-order valence-electron chi connectivity index (χ3n) is 5.44. The Morgan fingerprint density at radius 2 is 1.92 bits per heavy atom. The highest BCUT2D eigenvalue weighted by molar-refractivity contribution is 7.98. The highest BCUT2D eigenvalue weighted by Crippen LogP contribution is 2.29. The molecule has 4 heteroatoms. The third kappa shape index (κ3) is 2.82. The Balaban J connectivity index is 1.67. The maximum Gasteiger partial charge on any atom is 0.270 e. The van der Waals surface area contributed by atoms with Crippen molar-refractivity contribution in [2.24, 2.45) is 0 Å². The van der Waals surface area contributed by atoms with Gasteiger partial charge in [0.2, 0.25) is 0 Å². The number of aromatic nitrogens is 1. The molecule has 26 heavy (non-hydrogen) atoms. The number of nitrogens with zero attached hydrogens (tertiary/aromatic N) is 1. The number of nitrogens with one attached hydrogen (secondary N) is 1. The number of fused-ring (bicyclic) bond motifs is 2. The molecule has 134 valence electrons. The van der Waals surface area contributed by atoms with E-state index < -0.39 is 0 Å². The zero-order chi connectivity index (χ0) is 18.4. The van der Waals surface area contributed by atoms with Crippen molar-refractivity contribution in [1.29, 1.82) is 0 Å². The van der Waals surface area contributed by atoms with E-state index in [1.807, 2.05) is 11.8 Å². The predicted molar refractivity (Wildman–Crippen MR) is 109 cm³/mol. The van der Waals surface area contributed by atoms with Gasteiger partial charge in [0, 0.05) is 28.9 Å². The van der Waals surface area contributed by atoms with Gasteiger partial charge in [0.05, 0.1) is 0 Å². The van der Waals surface area contributed by atoms with Crippen molar-refractivity contribution in [2.45, 2.75) is 38.6 Å². The molecule has 0 unspecified atom stereocenters. The highest BCUT2D eigenvalue weighted by atomic mass is 32.2. The second-order valence-electron chi connectivity index (χ2n) is 7.24. The fraction of sp³-hybridized carbons (Fsp3) is 0.318. The van der Waals surface area contributed by atoms with E-state index in [9.17, 15) is 4.79 Å². The summed E-state index contributed by atoms with van der Waals surface area (Å²) in [5, 5.41) is 1.16. The Labute approximate surface area is 158 Å². The number of H-pyrrole nitrogens is 1. The lowest BCUT2D eigenvalue weighted by Gasteiger charge is -2.29. The van der Waals surface area contributed by atoms with Gasteiger partial charge in [0.25, 0.3) is 5.91 Å². The molecule has 1 aliphatic rings. The van der Waals surface area contributed by atoms with E-state index in [-0.39, 0.29) is 5.91 Å². The van der Waals surface area contributed by atoms with Crippen molar-refractivity contribution < 1.29 is 4.79 Å². The first-order valence-electron chi connectivity index (χ1n) is 9.02. The quantitative estimate of drug-likeness (QED) is 0.649. The molecule has 3 aromatic rings. The van der Waals surface area contributed by atoms with E-state index in [2.05, 4.69) is 55.4 Å². The van der Waals surface area contributed by atoms with Gasteiger partial charge >= 0.3 is 0 Å². The van der Waals surface area contributed by atoms with Gasteiger partial charge in [0.15, 0.2) is 0 Å². The lowest BCUT2D eigenvalue weighted by molar-refractivity contribution is 0.0729. The van der Waals surface area contributed by atoms with Crippen LogP contribution in [0.1, 0.15) is 38.3 Å². The molecule has 3 nitrogen and oxygen atoms in total. The number of rotatable bonds is 2. The molecule has 2 aromatic carbocycles. The standard InChI is InChI=1S/C22H24N2OS/c1-13-9-14(2)20-19(10-13)15(3)21(23-20)22(25)24-8-7-16-11-18(26-4)6-5-17(16)12-24/h5-6,9-11,23H,7-8,12H2,1-4H3. The second-order valence-corrected chi connectivity index (χ2v) is 8.12. The molecule has 4 rings (SSSR count). The number of carbonyl (C=O) groups is 1. The van der Waals surface area contributed by atoms with Gasteiger partial charge in [-0.2, -0.15) is 0 Å². The van der Waals surface area contributed by atoms with Crippen LogP contribution < -0.4 is 0 Å². The number of thioether (sulfide) groups is 1. The van der Waals surface area contributed by atoms with E-state index in [1.165, 1.54) is 27.1 Å². The van der Waals surface area contributed by atoms with Crippen molar-refractivity contribution >= 4 is 28.6 Å². The van der Waals surface area contributed by atoms with Gasteiger partial charge in [-0.25, -0.2) is 0 Å². The Hall–Kier alpha value is -2.20. The Bertz CT molecular complexity index is 1020. The van der Waals surface area contributed by atoms with Crippen LogP contribution >= 0.6 is 11.8 Å². The molecule has 0 aliphatic carbocycles. The average molecular weight is 365 g/mol. The van der Waals surface area contributed by atoms with Crippen LogP contribution in [0.3, 0.4) is 0 Å². The largest absolute Gasteiger partial charge is 0.350 e. The monoisotopic (exact) mass is 364 g/mol. The molecule has 0 atom stereocenters. The summed E-state index contributed by atoms with van der Waals surface area (Å²) in [6, 6.07) is 10.9. The second kappa shape index (κ2) is 6.51. The minimum atomic E-state index is 0.107. The van der Waals surface area contributed by atoms with Crippen LogP contribution in [-0.4, -0.2) is 28.6 Å². The minimum Gasteiger partial charge on any atom is -0.350 e. The molecular weight excluding hydrogens is 340 g/mol. The van der Waals surface area contributed by atoms with Crippen molar-refractivity contribution in [3.8, 4) is 0 Å². The first-order chi connectivity index (χ1) is 12.5. The summed E-state index contributed by atoms with van der Waals surface area (Å²) in [5.74, 6) is 0.107. The molecule has 0 bridgehead atoms. The number of amides is 1. The molecule has 0 fully saturated rings. The first-order valence-corrected chi connectivity index (χ1v) is 10.2. The van der Waals surface area contributed by atoms with Crippen LogP contribution in [0, 0.1) is 20.8 Å². The van der Waals surface area contributed by atoms with Gasteiger partial charge in [-0.1, -0.05) is 17.7 Å². The zero-order valence-corrected chi connectivity index (χ0v) is 16.6. The van der Waals surface area contributed by atoms with E-state index in [0.29, 0.717) is 6.54 Å². The zero-order valence-electron chi connectivity index (χ0n) is 15.8. The van der Waals surface area contributed by atoms with Crippen LogP contribution in [0.2, 0.25) is 0 Å². The first kappa shape index (κ1) is 17.2. The van der Waals surface area contributed by atoms with Crippen molar-refractivity contribution in [1.82, 2.24) is 9.88 Å². The Morgan fingerprint density at radius 3 is 2.69 bits per heavy atom. The topological polar surface area (TPSA) is 36.1 Å². The molecule has 0 spiro atoms. The number of hydrogen-bond donors (Lipinski definition) is 1. The van der Waals surface area contributed by atoms with E-state index in [1.54, 1.807) is 11.8 Å². The fourth-order valence-electron chi connectivity index (χ4n) is 3.98. The van der Waals surface area contributed by atoms with Gasteiger partial charge in [0.1, 0.15) is 5.69 Å². The summed E-state index contributed by atoms with van der Waals surface area (Å²) >= 11 is 1.77. The summed E-state index contributed by atoms with van der Waals surface area (Å²) in [7, 11) is 0. The van der Waals surface area contributed by atoms with Crippen LogP contribution in [0.5, 0.6) is 0 Å². The highest BCUT2D eigenvalue weighted by Gasteiger charge is 2.25. The molecule has 0 saturated carbocycles. The number of aromatic amines is 1. The Morgan fingerprint density at radius 1 is 1.12 bits per heavy atom. The van der Waals surface area contributed by atoms with E-state index >= 15 is 0 Å². The normalized spacial score (nSPS) is 13.9. The van der Waals surface area contributed by atoms with Crippen molar-refractivity contribution in [3.05, 3.63) is 63.8 Å². The molecule has 0 radical (unpaired) electrons. The average Bonchev–Trinajstić information content (AvgIpc) is 2.97. The van der Waals surface area contributed by atoms with Crippen LogP contribution in [0.25, 0.3) is 10.9 Å². The summed E-state index contributed by atoms with van der Waals surface area (Å²) in [5.41, 5.74) is 7.93. The van der Waals surface area contributed by atoms with Gasteiger partial charge in [-0.05, 0) is 73.9 Å². The van der Waals surface area contributed by atoms with Gasteiger partial charge in [-0.15, -0.1) is 11.8 Å². The van der Waals surface area contributed by atoms with Crippen molar-refractivity contribution in [3.63, 3.8) is 0 Å². The lowest BCUT2D eigenvalue weighted by Crippen LogP contribution is -2.36. The smallest absolute Gasteiger partial charge is 0.270 e. The van der Waals surface area contributed by atoms with E-state index in [0.717, 1.165) is 35.1 Å². The van der Waals surface area contributed by atoms with Crippen molar-refractivity contribution in [2.75, 3.05) is 12.8 Å². The SMILES string of the molecule is CSc1ccc2c(c1)CCN(C(=O)c1[nH]c3c(C)cc(C)cc3c1C)C2. The van der Waals surface area contributed by atoms with Crippen LogP contribution in [-0.2, 0) is 13.0 Å². The molecule has 0 saturated heterocycles. The number of aryl methyl sites for hydroxylation is 3. The summed E-state index contributed by atoms with van der Waals surface area (Å²) in [4.78, 5) is 19.9. The molecule has 1 amide bonds. The van der Waals surface area contributed by atoms with Crippen LogP contribution in [0.4, 0.5) is 0 Å². The minimum absolute atomic E-state index is 0.107. The Kier molecular flexibility index (Phi) is 4.31. The predicted octanol–water partition coefficient (Wildman–Crippen LogP) is 5.01. The number of benzene rings is 2. The number of carbonyl (C=O) groups excluding carboxylic acids is 1. The molecule has 1 aromatic heterocycles. The molecule has 2 heterocycles. The summed E-state index contributed by atoms with van der Waals surface area (Å²) < 4.78 is 0. The van der Waals surface area contributed by atoms with E-state index in [4.69, 9.17) is 0 Å². The molecular formula is C22H24N2OS. The van der Waals surface area contributed by atoms with Gasteiger partial charge in [-0.3, -0.25) is 4.79 Å². The number of hydrogen-bond acceptors (Lipinski definition) is 2. The lowest BCUT2D eigenvalue weighted by atomic mass is 9.99. The summed E-state index contributed by atoms with van der Waals surface area (Å²) in [6.45, 7) is 7.71. The van der Waals surface area contributed by atoms with Crippen LogP contribution in [0.15, 0.2) is 35.2 Å². The molecule has 1 N–H and O–H groups in total.